The normalized spacial score (nSPS) is 11.5. The molecule has 1 aromatic carbocycles. The number of hydrogen-bond donors (Lipinski definition) is 0. The fourth-order valence-corrected chi connectivity index (χ4v) is 2.51. The second kappa shape index (κ2) is 8.49. The Balaban J connectivity index is 1.86. The molecule has 0 aliphatic rings. The number of benzene rings is 1. The quantitative estimate of drug-likeness (QED) is 0.434. The van der Waals surface area contributed by atoms with E-state index in [9.17, 15) is 4.79 Å². The first-order valence-electron chi connectivity index (χ1n) is 7.99. The second-order valence-electron chi connectivity index (χ2n) is 5.45. The van der Waals surface area contributed by atoms with Gasteiger partial charge in [0, 0.05) is 29.9 Å². The number of ketones is 1. The van der Waals surface area contributed by atoms with Gasteiger partial charge in [0.25, 0.3) is 0 Å². The molecule has 0 fully saturated rings. The number of carbonyl (C=O) groups excluding carboxylic acids is 1. The SMILES string of the molecule is COc1ccc(C(=O)C/C(=C\c2ccco2)c2nnc(CCCl)o2)cc1. The number of aromatic nitrogens is 2. The Hall–Kier alpha value is -2.86. The van der Waals surface area contributed by atoms with Crippen molar-refractivity contribution in [1.29, 1.82) is 0 Å². The molecule has 26 heavy (non-hydrogen) atoms. The zero-order chi connectivity index (χ0) is 18.4. The van der Waals surface area contributed by atoms with Crippen LogP contribution in [-0.4, -0.2) is 29.0 Å². The van der Waals surface area contributed by atoms with E-state index in [1.54, 1.807) is 55.8 Å². The summed E-state index contributed by atoms with van der Waals surface area (Å²) >= 11 is 5.71. The van der Waals surface area contributed by atoms with Crippen molar-refractivity contribution in [3.63, 3.8) is 0 Å². The molecule has 2 heterocycles. The molecule has 0 radical (unpaired) electrons. The maximum absolute atomic E-state index is 12.7. The Morgan fingerprint density at radius 3 is 2.69 bits per heavy atom. The molecule has 0 spiro atoms. The first-order chi connectivity index (χ1) is 12.7. The number of Topliss-reactive ketones (excluding diaryl/α,β-unsaturated/α-hetero) is 1. The van der Waals surface area contributed by atoms with Crippen molar-refractivity contribution in [2.75, 3.05) is 13.0 Å². The number of rotatable bonds is 8. The molecule has 0 N–H and O–H groups in total. The first kappa shape index (κ1) is 17.9. The van der Waals surface area contributed by atoms with E-state index in [1.807, 2.05) is 0 Å². The first-order valence-corrected chi connectivity index (χ1v) is 8.53. The van der Waals surface area contributed by atoms with Crippen LogP contribution in [0.4, 0.5) is 0 Å². The summed E-state index contributed by atoms with van der Waals surface area (Å²) in [6.07, 6.45) is 3.84. The molecule has 0 aliphatic heterocycles. The number of ether oxygens (including phenoxy) is 1. The van der Waals surface area contributed by atoms with Crippen LogP contribution in [0.25, 0.3) is 11.6 Å². The van der Waals surface area contributed by atoms with Gasteiger partial charge in [-0.3, -0.25) is 4.79 Å². The van der Waals surface area contributed by atoms with Crippen molar-refractivity contribution in [2.45, 2.75) is 12.8 Å². The van der Waals surface area contributed by atoms with Crippen molar-refractivity contribution in [3.05, 3.63) is 65.8 Å². The van der Waals surface area contributed by atoms with Gasteiger partial charge in [0.2, 0.25) is 11.8 Å². The van der Waals surface area contributed by atoms with E-state index < -0.39 is 0 Å². The summed E-state index contributed by atoms with van der Waals surface area (Å²) < 4.78 is 16.1. The molecule has 3 rings (SSSR count). The van der Waals surface area contributed by atoms with E-state index in [2.05, 4.69) is 10.2 Å². The van der Waals surface area contributed by atoms with E-state index in [0.717, 1.165) is 0 Å². The summed E-state index contributed by atoms with van der Waals surface area (Å²) in [4.78, 5) is 12.7. The van der Waals surface area contributed by atoms with E-state index in [-0.39, 0.29) is 18.1 Å². The third-order valence-electron chi connectivity index (χ3n) is 3.67. The smallest absolute Gasteiger partial charge is 0.244 e. The summed E-state index contributed by atoms with van der Waals surface area (Å²) in [5.41, 5.74) is 1.14. The minimum atomic E-state index is -0.0810. The highest BCUT2D eigenvalue weighted by Crippen LogP contribution is 2.24. The predicted octanol–water partition coefficient (Wildman–Crippen LogP) is 4.27. The maximum atomic E-state index is 12.7. The van der Waals surface area contributed by atoms with Gasteiger partial charge in [0.05, 0.1) is 13.4 Å². The zero-order valence-corrected chi connectivity index (χ0v) is 14.9. The number of halogens is 1. The molecule has 0 bridgehead atoms. The van der Waals surface area contributed by atoms with Crippen molar-refractivity contribution >= 4 is 29.0 Å². The van der Waals surface area contributed by atoms with Gasteiger partial charge in [-0.25, -0.2) is 0 Å². The average Bonchev–Trinajstić information content (AvgIpc) is 3.33. The topological polar surface area (TPSA) is 78.4 Å². The lowest BCUT2D eigenvalue weighted by Crippen LogP contribution is -2.01. The van der Waals surface area contributed by atoms with Gasteiger partial charge in [0.1, 0.15) is 11.5 Å². The van der Waals surface area contributed by atoms with Crippen molar-refractivity contribution < 1.29 is 18.4 Å². The van der Waals surface area contributed by atoms with Gasteiger partial charge in [-0.2, -0.15) is 0 Å². The van der Waals surface area contributed by atoms with Crippen LogP contribution < -0.4 is 4.74 Å². The summed E-state index contributed by atoms with van der Waals surface area (Å²) in [6.45, 7) is 0. The molecule has 0 atom stereocenters. The monoisotopic (exact) mass is 372 g/mol. The Bertz CT molecular complexity index is 883. The standard InChI is InChI=1S/C19H17ClN2O4/c1-24-15-6-4-13(5-7-15)17(23)12-14(11-16-3-2-10-25-16)19-22-21-18(26-19)8-9-20/h2-7,10-11H,8-9,12H2,1H3/b14-11+. The predicted molar refractivity (Wildman–Crippen MR) is 97.2 cm³/mol. The van der Waals surface area contributed by atoms with E-state index in [4.69, 9.17) is 25.2 Å². The molecule has 2 aromatic heterocycles. The summed E-state index contributed by atoms with van der Waals surface area (Å²) in [5, 5.41) is 7.99. The van der Waals surface area contributed by atoms with Crippen LogP contribution >= 0.6 is 11.6 Å². The summed E-state index contributed by atoms with van der Waals surface area (Å²) in [6, 6.07) is 10.5. The van der Waals surface area contributed by atoms with Crippen molar-refractivity contribution in [2.24, 2.45) is 0 Å². The lowest BCUT2D eigenvalue weighted by molar-refractivity contribution is 0.0998. The number of furan rings is 1. The maximum Gasteiger partial charge on any atom is 0.244 e. The van der Waals surface area contributed by atoms with Crippen LogP contribution in [0.3, 0.4) is 0 Å². The molecule has 0 unspecified atom stereocenters. The summed E-state index contributed by atoms with van der Waals surface area (Å²) in [7, 11) is 1.58. The molecular weight excluding hydrogens is 356 g/mol. The third kappa shape index (κ3) is 4.40. The minimum absolute atomic E-state index is 0.0810. The fraction of sp³-hybridized carbons (Fsp3) is 0.211. The minimum Gasteiger partial charge on any atom is -0.497 e. The second-order valence-corrected chi connectivity index (χ2v) is 5.83. The largest absolute Gasteiger partial charge is 0.497 e. The number of allylic oxidation sites excluding steroid dienone is 1. The molecule has 7 heteroatoms. The van der Waals surface area contributed by atoms with Gasteiger partial charge in [-0.1, -0.05) is 0 Å². The highest BCUT2D eigenvalue weighted by atomic mass is 35.5. The molecule has 0 saturated carbocycles. The molecule has 0 aliphatic carbocycles. The van der Waals surface area contributed by atoms with Crippen LogP contribution in [0, 0.1) is 0 Å². The van der Waals surface area contributed by atoms with Crippen LogP contribution in [-0.2, 0) is 6.42 Å². The lowest BCUT2D eigenvalue weighted by Gasteiger charge is -2.04. The Kier molecular flexibility index (Phi) is 5.86. The number of hydrogen-bond acceptors (Lipinski definition) is 6. The van der Waals surface area contributed by atoms with Crippen LogP contribution in [0.2, 0.25) is 0 Å². The Morgan fingerprint density at radius 1 is 1.23 bits per heavy atom. The molecule has 3 aromatic rings. The Morgan fingerprint density at radius 2 is 2.04 bits per heavy atom. The zero-order valence-electron chi connectivity index (χ0n) is 14.1. The molecule has 0 saturated heterocycles. The highest BCUT2D eigenvalue weighted by Gasteiger charge is 2.17. The van der Waals surface area contributed by atoms with E-state index in [0.29, 0.717) is 40.8 Å². The molecule has 0 amide bonds. The van der Waals surface area contributed by atoms with Gasteiger partial charge in [-0.05, 0) is 42.5 Å². The van der Waals surface area contributed by atoms with Crippen molar-refractivity contribution in [3.8, 4) is 5.75 Å². The third-order valence-corrected chi connectivity index (χ3v) is 3.86. The van der Waals surface area contributed by atoms with Gasteiger partial charge >= 0.3 is 0 Å². The van der Waals surface area contributed by atoms with Crippen LogP contribution in [0.1, 0.15) is 34.3 Å². The highest BCUT2D eigenvalue weighted by molar-refractivity contribution is 6.17. The number of alkyl halides is 1. The average molecular weight is 373 g/mol. The number of carbonyl (C=O) groups is 1. The molecular formula is C19H17ClN2O4. The van der Waals surface area contributed by atoms with Crippen molar-refractivity contribution in [1.82, 2.24) is 10.2 Å². The number of nitrogens with zero attached hydrogens (tertiary/aromatic N) is 2. The summed E-state index contributed by atoms with van der Waals surface area (Å²) in [5.74, 6) is 2.29. The van der Waals surface area contributed by atoms with E-state index >= 15 is 0 Å². The van der Waals surface area contributed by atoms with Gasteiger partial charge in [0.15, 0.2) is 5.78 Å². The van der Waals surface area contributed by atoms with Crippen LogP contribution in [0.5, 0.6) is 5.75 Å². The number of methoxy groups -OCH3 is 1. The van der Waals surface area contributed by atoms with Gasteiger partial charge in [-0.15, -0.1) is 21.8 Å². The van der Waals surface area contributed by atoms with E-state index in [1.165, 1.54) is 0 Å². The molecule has 6 nitrogen and oxygen atoms in total. The van der Waals surface area contributed by atoms with Crippen LogP contribution in [0.15, 0.2) is 51.5 Å². The lowest BCUT2D eigenvalue weighted by atomic mass is 10.0. The fourth-order valence-electron chi connectivity index (χ4n) is 2.35. The molecule has 134 valence electrons. The Labute approximate surface area is 155 Å². The van der Waals surface area contributed by atoms with Gasteiger partial charge < -0.3 is 13.6 Å². The number of aryl methyl sites for hydroxylation is 1.